The van der Waals surface area contributed by atoms with E-state index in [4.69, 9.17) is 5.73 Å². The van der Waals surface area contributed by atoms with Gasteiger partial charge in [-0.2, -0.15) is 0 Å². The first-order valence-corrected chi connectivity index (χ1v) is 7.56. The van der Waals surface area contributed by atoms with Crippen molar-refractivity contribution in [2.75, 3.05) is 0 Å². The van der Waals surface area contributed by atoms with Crippen molar-refractivity contribution in [3.63, 3.8) is 0 Å². The fourth-order valence-corrected chi connectivity index (χ4v) is 3.12. The summed E-state index contributed by atoms with van der Waals surface area (Å²) in [5, 5.41) is 0. The first-order chi connectivity index (χ1) is 9.44. The molecule has 0 aliphatic heterocycles. The highest BCUT2D eigenvalue weighted by atomic mass is 32.2. The number of hydrogen-bond donors (Lipinski definition) is 3. The van der Waals surface area contributed by atoms with Gasteiger partial charge in [-0.1, -0.05) is 18.2 Å². The summed E-state index contributed by atoms with van der Waals surface area (Å²) in [6.45, 7) is 1.81. The van der Waals surface area contributed by atoms with Crippen LogP contribution in [0.4, 0.5) is 4.39 Å². The zero-order chi connectivity index (χ0) is 14.8. The van der Waals surface area contributed by atoms with E-state index in [2.05, 4.69) is 9.71 Å². The molecular weight excluding hydrogens is 281 g/mol. The van der Waals surface area contributed by atoms with Crippen molar-refractivity contribution in [3.05, 3.63) is 53.6 Å². The predicted molar refractivity (Wildman–Crippen MR) is 73.8 cm³/mol. The Morgan fingerprint density at radius 1 is 1.40 bits per heavy atom. The Bertz CT molecular complexity index is 697. The van der Waals surface area contributed by atoms with Crippen molar-refractivity contribution < 1.29 is 12.8 Å². The van der Waals surface area contributed by atoms with Gasteiger partial charge in [-0.3, -0.25) is 0 Å². The van der Waals surface area contributed by atoms with Gasteiger partial charge in [-0.25, -0.2) is 17.5 Å². The number of rotatable bonds is 5. The van der Waals surface area contributed by atoms with Gasteiger partial charge >= 0.3 is 0 Å². The first-order valence-electron chi connectivity index (χ1n) is 6.08. The van der Waals surface area contributed by atoms with Gasteiger partial charge in [0.1, 0.15) is 5.82 Å². The highest BCUT2D eigenvalue weighted by Crippen LogP contribution is 2.19. The molecule has 1 atom stereocenters. The summed E-state index contributed by atoms with van der Waals surface area (Å²) >= 11 is 0. The lowest BCUT2D eigenvalue weighted by Crippen LogP contribution is -2.27. The molecule has 4 N–H and O–H groups in total. The molecule has 2 rings (SSSR count). The van der Waals surface area contributed by atoms with Gasteiger partial charge in [0, 0.05) is 30.0 Å². The van der Waals surface area contributed by atoms with Crippen molar-refractivity contribution in [2.45, 2.75) is 24.4 Å². The standard InChI is InChI=1S/C13H16FN3O2S/c1-9(12-4-2-3-5-13(12)14)17-20(18,19)11-6-10(7-15)16-8-11/h2-6,8-9,16-17H,7,15H2,1H3. The maximum atomic E-state index is 13.6. The Labute approximate surface area is 117 Å². The zero-order valence-electron chi connectivity index (χ0n) is 10.9. The summed E-state index contributed by atoms with van der Waals surface area (Å²) in [7, 11) is -3.72. The van der Waals surface area contributed by atoms with Gasteiger partial charge in [0.15, 0.2) is 0 Å². The molecule has 1 aromatic carbocycles. The summed E-state index contributed by atoms with van der Waals surface area (Å²) in [5.74, 6) is -0.445. The third-order valence-electron chi connectivity index (χ3n) is 2.95. The van der Waals surface area contributed by atoms with E-state index in [1.165, 1.54) is 18.3 Å². The van der Waals surface area contributed by atoms with Crippen LogP contribution in [0.2, 0.25) is 0 Å². The fourth-order valence-electron chi connectivity index (χ4n) is 1.88. The highest BCUT2D eigenvalue weighted by molar-refractivity contribution is 7.89. The van der Waals surface area contributed by atoms with Gasteiger partial charge in [-0.05, 0) is 19.1 Å². The van der Waals surface area contributed by atoms with Gasteiger partial charge in [0.2, 0.25) is 10.0 Å². The molecule has 0 fully saturated rings. The molecule has 0 saturated heterocycles. The minimum Gasteiger partial charge on any atom is -0.363 e. The number of aromatic amines is 1. The molecule has 1 aromatic heterocycles. The molecule has 1 heterocycles. The van der Waals surface area contributed by atoms with E-state index < -0.39 is 21.9 Å². The van der Waals surface area contributed by atoms with Crippen LogP contribution in [0.25, 0.3) is 0 Å². The Hall–Kier alpha value is -1.70. The van der Waals surface area contributed by atoms with Gasteiger partial charge in [-0.15, -0.1) is 0 Å². The smallest absolute Gasteiger partial charge is 0.242 e. The van der Waals surface area contributed by atoms with E-state index in [9.17, 15) is 12.8 Å². The minimum atomic E-state index is -3.72. The molecule has 5 nitrogen and oxygen atoms in total. The molecule has 20 heavy (non-hydrogen) atoms. The monoisotopic (exact) mass is 297 g/mol. The Morgan fingerprint density at radius 3 is 2.70 bits per heavy atom. The number of sulfonamides is 1. The van der Waals surface area contributed by atoms with Crippen molar-refractivity contribution >= 4 is 10.0 Å². The number of halogens is 1. The number of nitrogens with one attached hydrogen (secondary N) is 2. The number of aromatic nitrogens is 1. The van der Waals surface area contributed by atoms with E-state index in [-0.39, 0.29) is 11.4 Å². The Balaban J connectivity index is 2.22. The average Bonchev–Trinajstić information content (AvgIpc) is 2.88. The van der Waals surface area contributed by atoms with Crippen LogP contribution in [-0.4, -0.2) is 13.4 Å². The number of hydrogen-bond acceptors (Lipinski definition) is 3. The van der Waals surface area contributed by atoms with Crippen LogP contribution in [0.1, 0.15) is 24.2 Å². The summed E-state index contributed by atoms with van der Waals surface area (Å²) < 4.78 is 40.4. The zero-order valence-corrected chi connectivity index (χ0v) is 11.7. The van der Waals surface area contributed by atoms with E-state index in [0.717, 1.165) is 0 Å². The number of benzene rings is 1. The van der Waals surface area contributed by atoms with Crippen LogP contribution < -0.4 is 10.5 Å². The van der Waals surface area contributed by atoms with Crippen molar-refractivity contribution in [2.24, 2.45) is 5.73 Å². The molecule has 2 aromatic rings. The van der Waals surface area contributed by atoms with E-state index in [1.54, 1.807) is 25.1 Å². The van der Waals surface area contributed by atoms with Crippen LogP contribution in [0.15, 0.2) is 41.4 Å². The first kappa shape index (κ1) is 14.7. The topological polar surface area (TPSA) is 88.0 Å². The van der Waals surface area contributed by atoms with Crippen LogP contribution >= 0.6 is 0 Å². The second-order valence-corrected chi connectivity index (χ2v) is 6.14. The van der Waals surface area contributed by atoms with Gasteiger partial charge in [0.25, 0.3) is 0 Å². The van der Waals surface area contributed by atoms with Crippen molar-refractivity contribution in [3.8, 4) is 0 Å². The SMILES string of the molecule is CC(NS(=O)(=O)c1c[nH]c(CN)c1)c1ccccc1F. The second kappa shape index (κ2) is 5.74. The minimum absolute atomic E-state index is 0.0844. The number of H-pyrrole nitrogens is 1. The van der Waals surface area contributed by atoms with E-state index >= 15 is 0 Å². The van der Waals surface area contributed by atoms with Crippen LogP contribution in [0.3, 0.4) is 0 Å². The Morgan fingerprint density at radius 2 is 2.10 bits per heavy atom. The molecule has 0 saturated carbocycles. The lowest BCUT2D eigenvalue weighted by Gasteiger charge is -2.14. The molecule has 1 unspecified atom stereocenters. The average molecular weight is 297 g/mol. The fraction of sp³-hybridized carbons (Fsp3) is 0.231. The molecule has 0 aliphatic carbocycles. The molecule has 0 amide bonds. The van der Waals surface area contributed by atoms with Gasteiger partial charge < -0.3 is 10.7 Å². The second-order valence-electron chi connectivity index (χ2n) is 4.43. The largest absolute Gasteiger partial charge is 0.363 e. The van der Waals surface area contributed by atoms with E-state index in [1.807, 2.05) is 0 Å². The van der Waals surface area contributed by atoms with Crippen molar-refractivity contribution in [1.29, 1.82) is 0 Å². The lowest BCUT2D eigenvalue weighted by molar-refractivity contribution is 0.550. The van der Waals surface area contributed by atoms with Crippen molar-refractivity contribution in [1.82, 2.24) is 9.71 Å². The third-order valence-corrected chi connectivity index (χ3v) is 4.47. The molecule has 108 valence electrons. The normalized spacial score (nSPS) is 13.3. The Kier molecular flexibility index (Phi) is 4.22. The summed E-state index contributed by atoms with van der Waals surface area (Å²) in [4.78, 5) is 2.85. The molecule has 7 heteroatoms. The summed E-state index contributed by atoms with van der Waals surface area (Å²) in [6.07, 6.45) is 1.36. The third kappa shape index (κ3) is 3.06. The molecule has 0 bridgehead atoms. The maximum Gasteiger partial charge on any atom is 0.242 e. The molecule has 0 spiro atoms. The summed E-state index contributed by atoms with van der Waals surface area (Å²) in [5.41, 5.74) is 6.33. The quantitative estimate of drug-likeness (QED) is 0.784. The van der Waals surface area contributed by atoms with Gasteiger partial charge in [0.05, 0.1) is 4.90 Å². The number of nitrogens with two attached hydrogens (primary N) is 1. The molecular formula is C13H16FN3O2S. The predicted octanol–water partition coefficient (Wildman–Crippen LogP) is 1.65. The van der Waals surface area contributed by atoms with Crippen LogP contribution in [0.5, 0.6) is 0 Å². The maximum absolute atomic E-state index is 13.6. The lowest BCUT2D eigenvalue weighted by atomic mass is 10.1. The molecule has 0 radical (unpaired) electrons. The van der Waals surface area contributed by atoms with Crippen LogP contribution in [0, 0.1) is 5.82 Å². The highest BCUT2D eigenvalue weighted by Gasteiger charge is 2.21. The molecule has 0 aliphatic rings. The van der Waals surface area contributed by atoms with Crippen LogP contribution in [-0.2, 0) is 16.6 Å². The van der Waals surface area contributed by atoms with E-state index in [0.29, 0.717) is 11.3 Å². The summed E-state index contributed by atoms with van der Waals surface area (Å²) in [6, 6.07) is 6.84.